The topological polar surface area (TPSA) is 21.3 Å². The molecule has 2 aromatic carbocycles. The van der Waals surface area contributed by atoms with Crippen molar-refractivity contribution in [1.82, 2.24) is 5.32 Å². The smallest absolute Gasteiger partial charge is 0.416 e. The molecule has 0 saturated carbocycles. The Labute approximate surface area is 177 Å². The van der Waals surface area contributed by atoms with Crippen LogP contribution in [0.25, 0.3) is 0 Å². The van der Waals surface area contributed by atoms with E-state index in [0.29, 0.717) is 17.9 Å². The van der Waals surface area contributed by atoms with E-state index in [1.165, 1.54) is 17.7 Å². The quantitative estimate of drug-likeness (QED) is 0.364. The van der Waals surface area contributed by atoms with Gasteiger partial charge in [0, 0.05) is 22.0 Å². The van der Waals surface area contributed by atoms with Gasteiger partial charge in [-0.25, -0.2) is 0 Å². The van der Waals surface area contributed by atoms with E-state index in [1.807, 2.05) is 31.2 Å². The van der Waals surface area contributed by atoms with Gasteiger partial charge in [-0.3, -0.25) is 0 Å². The van der Waals surface area contributed by atoms with Crippen LogP contribution in [-0.4, -0.2) is 4.43 Å². The standard InChI is InChI=1S/C22H23F3INO/c1-4-20-19(13-26)27-21(28-20,16-7-5-15(6-8-16)14(2)3)17-9-11-18(12-10-17)22(23,24)25/h5-12,14,27H,4,13H2,1-3H3. The molecule has 1 unspecified atom stereocenters. The monoisotopic (exact) mass is 501 g/mol. The molecule has 1 N–H and O–H groups in total. The number of halogens is 4. The molecule has 0 spiro atoms. The van der Waals surface area contributed by atoms with Gasteiger partial charge in [0.2, 0.25) is 5.72 Å². The fraction of sp³-hybridized carbons (Fsp3) is 0.364. The van der Waals surface area contributed by atoms with E-state index in [2.05, 4.69) is 41.8 Å². The molecule has 28 heavy (non-hydrogen) atoms. The lowest BCUT2D eigenvalue weighted by Crippen LogP contribution is -2.40. The Morgan fingerprint density at radius 3 is 1.93 bits per heavy atom. The van der Waals surface area contributed by atoms with Crippen LogP contribution in [0.5, 0.6) is 0 Å². The summed E-state index contributed by atoms with van der Waals surface area (Å²) in [6.45, 7) is 6.25. The zero-order valence-electron chi connectivity index (χ0n) is 16.0. The summed E-state index contributed by atoms with van der Waals surface area (Å²) in [7, 11) is 0. The van der Waals surface area contributed by atoms with Crippen molar-refractivity contribution in [2.45, 2.75) is 45.0 Å². The SMILES string of the molecule is CCC1=C(CI)NC(c2ccc(C(C)C)cc2)(c2ccc(C(F)(F)F)cc2)O1. The van der Waals surface area contributed by atoms with Crippen LogP contribution >= 0.6 is 22.6 Å². The molecule has 0 bridgehead atoms. The second-order valence-electron chi connectivity index (χ2n) is 7.15. The van der Waals surface area contributed by atoms with Crippen LogP contribution in [-0.2, 0) is 16.6 Å². The van der Waals surface area contributed by atoms with E-state index < -0.39 is 17.5 Å². The Hall–Kier alpha value is -1.70. The van der Waals surface area contributed by atoms with E-state index in [0.717, 1.165) is 33.6 Å². The van der Waals surface area contributed by atoms with E-state index in [4.69, 9.17) is 4.74 Å². The minimum Gasteiger partial charge on any atom is -0.462 e. The summed E-state index contributed by atoms with van der Waals surface area (Å²) in [5, 5.41) is 3.46. The summed E-state index contributed by atoms with van der Waals surface area (Å²) in [5.74, 6) is 1.23. The highest BCUT2D eigenvalue weighted by molar-refractivity contribution is 14.1. The van der Waals surface area contributed by atoms with Gasteiger partial charge in [-0.1, -0.05) is 79.8 Å². The first-order chi connectivity index (χ1) is 13.2. The van der Waals surface area contributed by atoms with Crippen molar-refractivity contribution in [3.63, 3.8) is 0 Å². The first-order valence-electron chi connectivity index (χ1n) is 9.24. The van der Waals surface area contributed by atoms with Gasteiger partial charge in [-0.15, -0.1) is 0 Å². The maximum absolute atomic E-state index is 13.0. The van der Waals surface area contributed by atoms with Crippen LogP contribution in [0.15, 0.2) is 60.0 Å². The molecule has 0 fully saturated rings. The van der Waals surface area contributed by atoms with Crippen LogP contribution in [0.1, 0.15) is 55.4 Å². The molecule has 0 radical (unpaired) electrons. The lowest BCUT2D eigenvalue weighted by molar-refractivity contribution is -0.137. The third-order valence-electron chi connectivity index (χ3n) is 5.00. The number of alkyl halides is 4. The van der Waals surface area contributed by atoms with Crippen molar-refractivity contribution in [3.8, 4) is 0 Å². The molecule has 0 saturated heterocycles. The Kier molecular flexibility index (Phi) is 5.98. The second kappa shape index (κ2) is 7.97. The number of rotatable bonds is 5. The molecule has 1 aliphatic rings. The summed E-state index contributed by atoms with van der Waals surface area (Å²) in [4.78, 5) is 0. The highest BCUT2D eigenvalue weighted by atomic mass is 127. The van der Waals surface area contributed by atoms with Crippen molar-refractivity contribution in [2.24, 2.45) is 0 Å². The maximum Gasteiger partial charge on any atom is 0.416 e. The Morgan fingerprint density at radius 1 is 1.00 bits per heavy atom. The van der Waals surface area contributed by atoms with Gasteiger partial charge in [-0.2, -0.15) is 13.2 Å². The fourth-order valence-corrected chi connectivity index (χ4v) is 3.99. The van der Waals surface area contributed by atoms with E-state index in [1.54, 1.807) is 0 Å². The number of benzene rings is 2. The van der Waals surface area contributed by atoms with Crippen LogP contribution in [0, 0.1) is 0 Å². The predicted molar refractivity (Wildman–Crippen MR) is 113 cm³/mol. The Morgan fingerprint density at radius 2 is 1.54 bits per heavy atom. The average molecular weight is 501 g/mol. The third kappa shape index (κ3) is 3.88. The molecule has 0 amide bonds. The molecule has 1 heterocycles. The Balaban J connectivity index is 2.08. The largest absolute Gasteiger partial charge is 0.462 e. The molecule has 3 rings (SSSR count). The molecule has 0 aliphatic carbocycles. The first kappa shape index (κ1) is 21.0. The molecule has 2 nitrogen and oxygen atoms in total. The fourth-order valence-electron chi connectivity index (χ4n) is 3.37. The van der Waals surface area contributed by atoms with Gasteiger partial charge in [0.05, 0.1) is 11.3 Å². The van der Waals surface area contributed by atoms with E-state index >= 15 is 0 Å². The number of hydrogen-bond acceptors (Lipinski definition) is 2. The molecule has 1 aliphatic heterocycles. The minimum absolute atomic E-state index is 0.391. The van der Waals surface area contributed by atoms with E-state index in [9.17, 15) is 13.2 Å². The number of hydrogen-bond donors (Lipinski definition) is 1. The molecule has 2 aromatic rings. The lowest BCUT2D eigenvalue weighted by Gasteiger charge is -2.32. The maximum atomic E-state index is 13.0. The highest BCUT2D eigenvalue weighted by Gasteiger charge is 2.43. The van der Waals surface area contributed by atoms with Crippen molar-refractivity contribution < 1.29 is 17.9 Å². The minimum atomic E-state index is -4.37. The van der Waals surface area contributed by atoms with Crippen molar-refractivity contribution in [3.05, 3.63) is 82.2 Å². The van der Waals surface area contributed by atoms with E-state index in [-0.39, 0.29) is 0 Å². The number of allylic oxidation sites excluding steroid dienone is 2. The normalized spacial score (nSPS) is 19.7. The number of nitrogens with one attached hydrogen (secondary N) is 1. The summed E-state index contributed by atoms with van der Waals surface area (Å²) in [6, 6.07) is 13.3. The van der Waals surface area contributed by atoms with Gasteiger partial charge >= 0.3 is 6.18 Å². The second-order valence-corrected chi connectivity index (χ2v) is 7.91. The molecular weight excluding hydrogens is 478 g/mol. The van der Waals surface area contributed by atoms with Crippen molar-refractivity contribution in [1.29, 1.82) is 0 Å². The summed E-state index contributed by atoms with van der Waals surface area (Å²) >= 11 is 2.26. The zero-order chi connectivity index (χ0) is 20.5. The zero-order valence-corrected chi connectivity index (χ0v) is 18.2. The van der Waals surface area contributed by atoms with Gasteiger partial charge < -0.3 is 10.1 Å². The van der Waals surface area contributed by atoms with Crippen LogP contribution in [0.4, 0.5) is 13.2 Å². The van der Waals surface area contributed by atoms with Gasteiger partial charge in [0.25, 0.3) is 0 Å². The van der Waals surface area contributed by atoms with Gasteiger partial charge in [0.1, 0.15) is 5.76 Å². The van der Waals surface area contributed by atoms with Crippen LogP contribution < -0.4 is 5.32 Å². The lowest BCUT2D eigenvalue weighted by atomic mass is 9.91. The average Bonchev–Trinajstić information content (AvgIpc) is 3.07. The van der Waals surface area contributed by atoms with Crippen LogP contribution in [0.2, 0.25) is 0 Å². The summed E-state index contributed by atoms with van der Waals surface area (Å²) in [6.07, 6.45) is -3.66. The molecule has 150 valence electrons. The first-order valence-corrected chi connectivity index (χ1v) is 10.8. The molecular formula is C22H23F3INO. The summed E-state index contributed by atoms with van der Waals surface area (Å²) in [5.41, 5.74) is 1.98. The predicted octanol–water partition coefficient (Wildman–Crippen LogP) is 6.71. The third-order valence-corrected chi connectivity index (χ3v) is 5.76. The Bertz CT molecular complexity index is 839. The van der Waals surface area contributed by atoms with Crippen LogP contribution in [0.3, 0.4) is 0 Å². The molecule has 1 atom stereocenters. The molecule has 0 aromatic heterocycles. The molecule has 6 heteroatoms. The number of ether oxygens (including phenoxy) is 1. The van der Waals surface area contributed by atoms with Crippen molar-refractivity contribution >= 4 is 22.6 Å². The van der Waals surface area contributed by atoms with Gasteiger partial charge in [0.15, 0.2) is 0 Å². The highest BCUT2D eigenvalue weighted by Crippen LogP contribution is 2.41. The van der Waals surface area contributed by atoms with Gasteiger partial charge in [-0.05, 0) is 23.6 Å². The van der Waals surface area contributed by atoms with Crippen molar-refractivity contribution in [2.75, 3.05) is 4.43 Å². The summed E-state index contributed by atoms with van der Waals surface area (Å²) < 4.78 is 46.1.